The zero-order valence-corrected chi connectivity index (χ0v) is 13.9. The highest BCUT2D eigenvalue weighted by atomic mass is 79.9. The molecule has 23 heavy (non-hydrogen) atoms. The van der Waals surface area contributed by atoms with Crippen LogP contribution in [0.1, 0.15) is 18.1 Å². The van der Waals surface area contributed by atoms with Gasteiger partial charge >= 0.3 is 0 Å². The Bertz CT molecular complexity index is 766. The van der Waals surface area contributed by atoms with E-state index in [4.69, 9.17) is 4.74 Å². The molecule has 1 heterocycles. The number of hydrogen-bond acceptors (Lipinski definition) is 2. The van der Waals surface area contributed by atoms with E-state index < -0.39 is 17.7 Å². The van der Waals surface area contributed by atoms with Crippen molar-refractivity contribution in [2.24, 2.45) is 0 Å². The highest BCUT2D eigenvalue weighted by Gasteiger charge is 2.28. The summed E-state index contributed by atoms with van der Waals surface area (Å²) in [6.45, 7) is 2.02. The smallest absolute Gasteiger partial charge is 0.263 e. The van der Waals surface area contributed by atoms with Gasteiger partial charge in [-0.3, -0.25) is 4.79 Å². The van der Waals surface area contributed by atoms with E-state index in [1.54, 1.807) is 13.0 Å². The Morgan fingerprint density at radius 3 is 2.78 bits per heavy atom. The number of nitrogens with zero attached hydrogens (tertiary/aromatic N) is 1. The molecule has 0 saturated heterocycles. The first-order chi connectivity index (χ1) is 10.9. The molecule has 6 heteroatoms. The van der Waals surface area contributed by atoms with Crippen LogP contribution in [0.4, 0.5) is 8.78 Å². The van der Waals surface area contributed by atoms with Crippen LogP contribution in [0.25, 0.3) is 0 Å². The van der Waals surface area contributed by atoms with Crippen LogP contribution in [0.15, 0.2) is 40.9 Å². The van der Waals surface area contributed by atoms with Crippen molar-refractivity contribution in [3.8, 4) is 5.75 Å². The third-order valence-electron chi connectivity index (χ3n) is 3.72. The number of carbonyl (C=O) groups is 1. The number of halogens is 3. The molecule has 2 aromatic rings. The second kappa shape index (κ2) is 6.28. The van der Waals surface area contributed by atoms with E-state index in [9.17, 15) is 13.6 Å². The molecule has 0 aromatic heterocycles. The van der Waals surface area contributed by atoms with Gasteiger partial charge in [0.05, 0.1) is 0 Å². The molecule has 0 spiro atoms. The van der Waals surface area contributed by atoms with Gasteiger partial charge in [-0.2, -0.15) is 0 Å². The first-order valence-corrected chi connectivity index (χ1v) is 7.91. The molecular weight excluding hydrogens is 368 g/mol. The van der Waals surface area contributed by atoms with Crippen LogP contribution in [-0.2, 0) is 17.9 Å². The quantitative estimate of drug-likeness (QED) is 0.785. The van der Waals surface area contributed by atoms with Crippen LogP contribution in [0.3, 0.4) is 0 Å². The Kier molecular flexibility index (Phi) is 4.35. The fraction of sp³-hybridized carbons (Fsp3) is 0.235. The van der Waals surface area contributed by atoms with Crippen molar-refractivity contribution in [2.45, 2.75) is 26.1 Å². The lowest BCUT2D eigenvalue weighted by Gasteiger charge is -2.22. The maximum atomic E-state index is 13.9. The summed E-state index contributed by atoms with van der Waals surface area (Å²) in [6.07, 6.45) is -0.666. The summed E-state index contributed by atoms with van der Waals surface area (Å²) in [4.78, 5) is 14.0. The number of benzene rings is 2. The lowest BCUT2D eigenvalue weighted by Crippen LogP contribution is -2.37. The maximum absolute atomic E-state index is 13.9. The van der Waals surface area contributed by atoms with Crippen molar-refractivity contribution in [3.63, 3.8) is 0 Å². The minimum absolute atomic E-state index is 0.0601. The van der Waals surface area contributed by atoms with E-state index in [1.165, 1.54) is 17.0 Å². The van der Waals surface area contributed by atoms with Crippen molar-refractivity contribution in [3.05, 3.63) is 63.6 Å². The zero-order valence-electron chi connectivity index (χ0n) is 12.4. The molecule has 1 aliphatic rings. The summed E-state index contributed by atoms with van der Waals surface area (Å²) in [6, 6.07) is 8.87. The third-order valence-corrected chi connectivity index (χ3v) is 4.22. The van der Waals surface area contributed by atoms with Gasteiger partial charge in [0.2, 0.25) is 0 Å². The highest BCUT2D eigenvalue weighted by Crippen LogP contribution is 2.29. The van der Waals surface area contributed by atoms with Crippen molar-refractivity contribution >= 4 is 21.8 Å². The Morgan fingerprint density at radius 1 is 1.26 bits per heavy atom. The molecule has 2 aromatic carbocycles. The monoisotopic (exact) mass is 381 g/mol. The van der Waals surface area contributed by atoms with Gasteiger partial charge in [-0.15, -0.1) is 0 Å². The van der Waals surface area contributed by atoms with E-state index in [0.29, 0.717) is 12.3 Å². The van der Waals surface area contributed by atoms with Gasteiger partial charge in [0, 0.05) is 34.8 Å². The number of rotatable bonds is 2. The summed E-state index contributed by atoms with van der Waals surface area (Å²) in [5.74, 6) is -0.901. The average molecular weight is 382 g/mol. The van der Waals surface area contributed by atoms with Crippen LogP contribution in [0.2, 0.25) is 0 Å². The summed E-state index contributed by atoms with van der Waals surface area (Å²) in [5, 5.41) is 0. The van der Waals surface area contributed by atoms with Gasteiger partial charge in [-0.1, -0.05) is 22.0 Å². The molecule has 1 atom stereocenters. The summed E-state index contributed by atoms with van der Waals surface area (Å²) in [7, 11) is 0. The second-order valence-corrected chi connectivity index (χ2v) is 6.36. The number of fused-ring (bicyclic) bond motifs is 1. The Balaban J connectivity index is 1.92. The topological polar surface area (TPSA) is 29.5 Å². The predicted octanol–water partition coefficient (Wildman–Crippen LogP) is 4.04. The van der Waals surface area contributed by atoms with Crippen molar-refractivity contribution in [1.82, 2.24) is 4.90 Å². The molecule has 120 valence electrons. The zero-order chi connectivity index (χ0) is 16.6. The molecule has 0 aliphatic carbocycles. The van der Waals surface area contributed by atoms with Crippen LogP contribution < -0.4 is 4.74 Å². The minimum atomic E-state index is -0.666. The normalized spacial score (nSPS) is 17.5. The first kappa shape index (κ1) is 15.9. The molecule has 0 radical (unpaired) electrons. The molecule has 1 amide bonds. The van der Waals surface area contributed by atoms with Gasteiger partial charge < -0.3 is 9.64 Å². The lowest BCUT2D eigenvalue weighted by molar-refractivity contribution is -0.138. The van der Waals surface area contributed by atoms with E-state index in [-0.39, 0.29) is 18.0 Å². The number of hydrogen-bond donors (Lipinski definition) is 0. The van der Waals surface area contributed by atoms with Crippen molar-refractivity contribution in [2.75, 3.05) is 0 Å². The van der Waals surface area contributed by atoms with Gasteiger partial charge in [-0.05, 0) is 31.2 Å². The van der Waals surface area contributed by atoms with Crippen LogP contribution in [0.5, 0.6) is 5.75 Å². The molecule has 0 bridgehead atoms. The van der Waals surface area contributed by atoms with Crippen LogP contribution in [0, 0.1) is 11.6 Å². The van der Waals surface area contributed by atoms with Gasteiger partial charge in [0.15, 0.2) is 6.10 Å². The van der Waals surface area contributed by atoms with Crippen LogP contribution >= 0.6 is 15.9 Å². The molecule has 1 aliphatic heterocycles. The van der Waals surface area contributed by atoms with Crippen molar-refractivity contribution < 1.29 is 18.3 Å². The molecule has 0 fully saturated rings. The Morgan fingerprint density at radius 2 is 2.04 bits per heavy atom. The number of carbonyl (C=O) groups excluding carboxylic acids is 1. The highest BCUT2D eigenvalue weighted by molar-refractivity contribution is 9.10. The summed E-state index contributed by atoms with van der Waals surface area (Å²) < 4.78 is 33.4. The average Bonchev–Trinajstić information content (AvgIpc) is 2.61. The van der Waals surface area contributed by atoms with E-state index >= 15 is 0 Å². The summed E-state index contributed by atoms with van der Waals surface area (Å²) >= 11 is 3.39. The molecule has 3 nitrogen and oxygen atoms in total. The standard InChI is InChI=1S/C17H14BrF2NO2/c1-10-17(22)21(8-11-2-4-14(19)7-15(11)20)9-12-6-13(18)3-5-16(12)23-10/h2-7,10H,8-9H2,1H3/t10-/m0/s1. The van der Waals surface area contributed by atoms with E-state index in [1.807, 2.05) is 12.1 Å². The van der Waals surface area contributed by atoms with Crippen LogP contribution in [-0.4, -0.2) is 16.9 Å². The maximum Gasteiger partial charge on any atom is 0.263 e. The third kappa shape index (κ3) is 3.37. The van der Waals surface area contributed by atoms with Gasteiger partial charge in [0.25, 0.3) is 5.91 Å². The fourth-order valence-electron chi connectivity index (χ4n) is 2.56. The SMILES string of the molecule is C[C@@H]1Oc2ccc(Br)cc2CN(Cc2ccc(F)cc2F)C1=O. The molecule has 3 rings (SSSR count). The molecule has 0 unspecified atom stereocenters. The summed E-state index contributed by atoms with van der Waals surface area (Å²) in [5.41, 5.74) is 1.10. The van der Waals surface area contributed by atoms with E-state index in [0.717, 1.165) is 16.1 Å². The Labute approximate surface area is 141 Å². The lowest BCUT2D eigenvalue weighted by atomic mass is 10.1. The van der Waals surface area contributed by atoms with Gasteiger partial charge in [0.1, 0.15) is 17.4 Å². The fourth-order valence-corrected chi connectivity index (χ4v) is 2.97. The molecular formula is C17H14BrF2NO2. The number of amides is 1. The first-order valence-electron chi connectivity index (χ1n) is 7.12. The largest absolute Gasteiger partial charge is 0.481 e. The number of ether oxygens (including phenoxy) is 1. The second-order valence-electron chi connectivity index (χ2n) is 5.44. The van der Waals surface area contributed by atoms with Crippen molar-refractivity contribution in [1.29, 1.82) is 0 Å². The predicted molar refractivity (Wildman–Crippen MR) is 84.8 cm³/mol. The minimum Gasteiger partial charge on any atom is -0.481 e. The Hall–Kier alpha value is -1.95. The van der Waals surface area contributed by atoms with Gasteiger partial charge in [-0.25, -0.2) is 8.78 Å². The molecule has 0 N–H and O–H groups in total. The molecule has 0 saturated carbocycles. The van der Waals surface area contributed by atoms with E-state index in [2.05, 4.69) is 15.9 Å².